The Kier molecular flexibility index (Phi) is 4.37. The molecule has 0 bridgehead atoms. The van der Waals surface area contributed by atoms with E-state index in [9.17, 15) is 9.18 Å². The molecule has 0 aromatic heterocycles. The second-order valence-electron chi connectivity index (χ2n) is 5.09. The van der Waals surface area contributed by atoms with E-state index in [-0.39, 0.29) is 17.8 Å². The van der Waals surface area contributed by atoms with Crippen LogP contribution in [-0.4, -0.2) is 31.6 Å². The number of carbonyl (C=O) groups is 1. The fourth-order valence-electron chi connectivity index (χ4n) is 2.01. The molecule has 1 aliphatic carbocycles. The maximum atomic E-state index is 13.1. The van der Waals surface area contributed by atoms with Crippen LogP contribution in [0.15, 0.2) is 24.3 Å². The van der Waals surface area contributed by atoms with Gasteiger partial charge >= 0.3 is 0 Å². The molecule has 0 aliphatic heterocycles. The Bertz CT molecular complexity index is 448. The van der Waals surface area contributed by atoms with Gasteiger partial charge in [0, 0.05) is 25.3 Å². The fourth-order valence-corrected chi connectivity index (χ4v) is 2.01. The average molecular weight is 265 g/mol. The van der Waals surface area contributed by atoms with Crippen LogP contribution in [-0.2, 0) is 4.79 Å². The molecule has 3 N–H and O–H groups in total. The highest BCUT2D eigenvalue weighted by atomic mass is 19.1. The molecule has 1 aliphatic rings. The summed E-state index contributed by atoms with van der Waals surface area (Å²) in [4.78, 5) is 13.3. The highest BCUT2D eigenvalue weighted by molar-refractivity contribution is 5.80. The van der Waals surface area contributed by atoms with Crippen molar-refractivity contribution < 1.29 is 9.18 Å². The molecule has 0 saturated heterocycles. The summed E-state index contributed by atoms with van der Waals surface area (Å²) < 4.78 is 13.1. The molecular weight excluding hydrogens is 245 g/mol. The lowest BCUT2D eigenvalue weighted by Gasteiger charge is -2.22. The molecule has 0 heterocycles. The first-order chi connectivity index (χ1) is 9.06. The second kappa shape index (κ2) is 6.02. The minimum atomic E-state index is -0.320. The van der Waals surface area contributed by atoms with Gasteiger partial charge < -0.3 is 16.0 Å². The van der Waals surface area contributed by atoms with Gasteiger partial charge in [0.15, 0.2) is 0 Å². The molecule has 104 valence electrons. The lowest BCUT2D eigenvalue weighted by molar-refractivity contribution is -0.120. The summed E-state index contributed by atoms with van der Waals surface area (Å²) in [6, 6.07) is 6.55. The lowest BCUT2D eigenvalue weighted by atomic mass is 10.1. The predicted octanol–water partition coefficient (Wildman–Crippen LogP) is 1.26. The Hall–Kier alpha value is -1.62. The zero-order valence-electron chi connectivity index (χ0n) is 11.1. The van der Waals surface area contributed by atoms with Crippen LogP contribution in [0.25, 0.3) is 0 Å². The number of rotatable bonds is 7. The molecule has 19 heavy (non-hydrogen) atoms. The van der Waals surface area contributed by atoms with E-state index < -0.39 is 0 Å². The maximum absolute atomic E-state index is 13.1. The number of hydrogen-bond donors (Lipinski definition) is 2. The van der Waals surface area contributed by atoms with Crippen molar-refractivity contribution in [3.63, 3.8) is 0 Å². The number of halogens is 1. The highest BCUT2D eigenvalue weighted by Gasteiger charge is 2.27. The smallest absolute Gasteiger partial charge is 0.234 e. The first-order valence-electron chi connectivity index (χ1n) is 6.58. The van der Waals surface area contributed by atoms with E-state index in [1.54, 1.807) is 6.07 Å². The minimum Gasteiger partial charge on any atom is -0.374 e. The number of nitrogens with zero attached hydrogens (tertiary/aromatic N) is 1. The van der Waals surface area contributed by atoms with Crippen LogP contribution in [0.4, 0.5) is 10.1 Å². The number of amides is 1. The van der Waals surface area contributed by atoms with Gasteiger partial charge in [-0.1, -0.05) is 6.07 Å². The summed E-state index contributed by atoms with van der Waals surface area (Å²) in [6.07, 6.45) is 2.85. The second-order valence-corrected chi connectivity index (χ2v) is 5.09. The maximum Gasteiger partial charge on any atom is 0.234 e. The van der Waals surface area contributed by atoms with E-state index in [4.69, 9.17) is 5.73 Å². The van der Waals surface area contributed by atoms with Gasteiger partial charge in [-0.15, -0.1) is 0 Å². The Morgan fingerprint density at radius 1 is 1.58 bits per heavy atom. The number of hydrogen-bond acceptors (Lipinski definition) is 3. The van der Waals surface area contributed by atoms with Gasteiger partial charge in [-0.3, -0.25) is 4.79 Å². The first kappa shape index (κ1) is 13.8. The Balaban J connectivity index is 1.87. The third-order valence-corrected chi connectivity index (χ3v) is 3.36. The Labute approximate surface area is 112 Å². The molecule has 1 saturated carbocycles. The molecule has 1 atom stereocenters. The van der Waals surface area contributed by atoms with Gasteiger partial charge in [0.05, 0.1) is 6.04 Å². The van der Waals surface area contributed by atoms with Crippen molar-refractivity contribution in [1.82, 2.24) is 5.32 Å². The molecule has 0 radical (unpaired) electrons. The summed E-state index contributed by atoms with van der Waals surface area (Å²) in [6.45, 7) is 0.650. The zero-order valence-corrected chi connectivity index (χ0v) is 11.1. The number of anilines is 1. The molecule has 1 amide bonds. The molecule has 2 rings (SSSR count). The number of nitrogens with two attached hydrogens (primary N) is 1. The highest BCUT2D eigenvalue weighted by Crippen LogP contribution is 2.20. The van der Waals surface area contributed by atoms with Crippen LogP contribution in [0.1, 0.15) is 19.3 Å². The van der Waals surface area contributed by atoms with Crippen LogP contribution < -0.4 is 16.0 Å². The number of benzene rings is 1. The third kappa shape index (κ3) is 4.21. The van der Waals surface area contributed by atoms with Crippen molar-refractivity contribution in [3.8, 4) is 0 Å². The minimum absolute atomic E-state index is 0.257. The number of carbonyl (C=O) groups excluding carboxylic acids is 1. The fraction of sp³-hybridized carbons (Fsp3) is 0.500. The van der Waals surface area contributed by atoms with Gasteiger partial charge in [-0.25, -0.2) is 4.39 Å². The molecule has 1 fully saturated rings. The molecule has 5 heteroatoms. The standard InChI is InChI=1S/C14H20FN3O/c1-18(12-4-2-3-10(15)9-12)8-7-13(14(16)19)17-11-5-6-11/h2-4,9,11,13,17H,5-8H2,1H3,(H2,16,19). The van der Waals surface area contributed by atoms with E-state index in [1.807, 2.05) is 18.0 Å². The van der Waals surface area contributed by atoms with Crippen LogP contribution >= 0.6 is 0 Å². The van der Waals surface area contributed by atoms with Gasteiger partial charge in [-0.2, -0.15) is 0 Å². The van der Waals surface area contributed by atoms with Crippen LogP contribution in [0.3, 0.4) is 0 Å². The summed E-state index contributed by atoms with van der Waals surface area (Å²) in [7, 11) is 1.88. The SMILES string of the molecule is CN(CCC(NC1CC1)C(N)=O)c1cccc(F)c1. The molecule has 1 unspecified atom stereocenters. The molecule has 4 nitrogen and oxygen atoms in total. The summed E-state index contributed by atoms with van der Waals surface area (Å²) in [5.41, 5.74) is 6.18. The van der Waals surface area contributed by atoms with Crippen molar-refractivity contribution in [2.24, 2.45) is 5.73 Å². The normalized spacial score (nSPS) is 16.1. The molecule has 1 aromatic rings. The molecular formula is C14H20FN3O. The molecule has 0 spiro atoms. The van der Waals surface area contributed by atoms with Crippen molar-refractivity contribution in [3.05, 3.63) is 30.1 Å². The number of primary amides is 1. The largest absolute Gasteiger partial charge is 0.374 e. The van der Waals surface area contributed by atoms with Gasteiger partial charge in [0.2, 0.25) is 5.91 Å². The predicted molar refractivity (Wildman–Crippen MR) is 73.4 cm³/mol. The van der Waals surface area contributed by atoms with E-state index in [0.29, 0.717) is 19.0 Å². The van der Waals surface area contributed by atoms with Gasteiger partial charge in [-0.05, 0) is 37.5 Å². The van der Waals surface area contributed by atoms with Crippen LogP contribution in [0.2, 0.25) is 0 Å². The summed E-state index contributed by atoms with van der Waals surface area (Å²) >= 11 is 0. The molecule has 1 aromatic carbocycles. The quantitative estimate of drug-likeness (QED) is 0.780. The van der Waals surface area contributed by atoms with Crippen molar-refractivity contribution in [2.75, 3.05) is 18.5 Å². The van der Waals surface area contributed by atoms with Crippen LogP contribution in [0, 0.1) is 5.82 Å². The van der Waals surface area contributed by atoms with E-state index >= 15 is 0 Å². The third-order valence-electron chi connectivity index (χ3n) is 3.36. The summed E-state index contributed by atoms with van der Waals surface area (Å²) in [5.74, 6) is -0.577. The average Bonchev–Trinajstić information content (AvgIpc) is 3.17. The summed E-state index contributed by atoms with van der Waals surface area (Å²) in [5, 5.41) is 3.23. The zero-order chi connectivity index (χ0) is 13.8. The number of nitrogens with one attached hydrogen (secondary N) is 1. The monoisotopic (exact) mass is 265 g/mol. The van der Waals surface area contributed by atoms with Crippen molar-refractivity contribution in [1.29, 1.82) is 0 Å². The van der Waals surface area contributed by atoms with Gasteiger partial charge in [0.1, 0.15) is 5.82 Å². The topological polar surface area (TPSA) is 58.4 Å². The van der Waals surface area contributed by atoms with Gasteiger partial charge in [0.25, 0.3) is 0 Å². The van der Waals surface area contributed by atoms with Crippen molar-refractivity contribution >= 4 is 11.6 Å². The van der Waals surface area contributed by atoms with E-state index in [2.05, 4.69) is 5.32 Å². The van der Waals surface area contributed by atoms with Crippen molar-refractivity contribution in [2.45, 2.75) is 31.3 Å². The van der Waals surface area contributed by atoms with E-state index in [0.717, 1.165) is 18.5 Å². The van der Waals surface area contributed by atoms with E-state index in [1.165, 1.54) is 12.1 Å². The first-order valence-corrected chi connectivity index (χ1v) is 6.58. The Morgan fingerprint density at radius 2 is 2.32 bits per heavy atom. The lowest BCUT2D eigenvalue weighted by Crippen LogP contribution is -2.44. The van der Waals surface area contributed by atoms with Crippen LogP contribution in [0.5, 0.6) is 0 Å². The Morgan fingerprint density at radius 3 is 2.89 bits per heavy atom.